The number of rotatable bonds is 5. The molecule has 0 spiro atoms. The maximum absolute atomic E-state index is 5.25. The summed E-state index contributed by atoms with van der Waals surface area (Å²) in [6, 6.07) is 54.7. The van der Waals surface area contributed by atoms with E-state index < -0.39 is 0 Å². The molecule has 0 aliphatic heterocycles. The van der Waals surface area contributed by atoms with Crippen LogP contribution in [-0.2, 0) is 5.41 Å². The minimum atomic E-state index is -0.243. The van der Waals surface area contributed by atoms with Crippen LogP contribution in [0.15, 0.2) is 158 Å². The first-order valence-corrected chi connectivity index (χ1v) is 16.7. The first-order valence-electron chi connectivity index (χ1n) is 16.7. The van der Waals surface area contributed by atoms with Gasteiger partial charge in [-0.15, -0.1) is 0 Å². The maximum atomic E-state index is 5.25. The average Bonchev–Trinajstić information content (AvgIpc) is 3.40. The van der Waals surface area contributed by atoms with Gasteiger partial charge in [0, 0.05) is 38.6 Å². The number of aromatic nitrogens is 4. The smallest absolute Gasteiger partial charge is 0.161 e. The standard InChI is InChI=1S/C45H32N4/c1-45(2)36-23-14-22-35(44-46-38-24-13-12-21-34(38)42(49-44)30-17-8-4-9-18-30)41(36)33-26-25-32(27-37(33)45)40-28-39(29-15-6-3-7-16-29)47-43(48-40)31-19-10-5-11-20-31/h3-28H,1-2H3. The molecule has 6 aromatic carbocycles. The first-order chi connectivity index (χ1) is 24.0. The fourth-order valence-corrected chi connectivity index (χ4v) is 7.21. The molecule has 0 saturated heterocycles. The van der Waals surface area contributed by atoms with Crippen molar-refractivity contribution in [3.63, 3.8) is 0 Å². The molecule has 49 heavy (non-hydrogen) atoms. The third-order valence-electron chi connectivity index (χ3n) is 9.71. The molecule has 1 aliphatic carbocycles. The molecule has 9 rings (SSSR count). The van der Waals surface area contributed by atoms with Crippen molar-refractivity contribution in [2.45, 2.75) is 19.3 Å². The highest BCUT2D eigenvalue weighted by molar-refractivity contribution is 5.97. The van der Waals surface area contributed by atoms with Crippen molar-refractivity contribution in [2.24, 2.45) is 0 Å². The van der Waals surface area contributed by atoms with Gasteiger partial charge in [0.25, 0.3) is 0 Å². The van der Waals surface area contributed by atoms with Gasteiger partial charge in [0.1, 0.15) is 0 Å². The fraction of sp³-hybridized carbons (Fsp3) is 0.0667. The number of fused-ring (bicyclic) bond motifs is 4. The molecule has 0 fully saturated rings. The molecule has 1 aliphatic rings. The van der Waals surface area contributed by atoms with E-state index in [0.717, 1.165) is 61.6 Å². The van der Waals surface area contributed by atoms with Crippen molar-refractivity contribution >= 4 is 10.9 Å². The molecule has 0 N–H and O–H groups in total. The van der Waals surface area contributed by atoms with E-state index in [0.29, 0.717) is 5.82 Å². The Morgan fingerprint density at radius 1 is 0.408 bits per heavy atom. The largest absolute Gasteiger partial charge is 0.228 e. The highest BCUT2D eigenvalue weighted by atomic mass is 14.9. The number of nitrogens with zero attached hydrogens (tertiary/aromatic N) is 4. The molecule has 0 atom stereocenters. The van der Waals surface area contributed by atoms with Gasteiger partial charge in [0.2, 0.25) is 0 Å². The highest BCUT2D eigenvalue weighted by Crippen LogP contribution is 2.52. The molecule has 2 aromatic heterocycles. The molecule has 0 amide bonds. The number of hydrogen-bond donors (Lipinski definition) is 0. The molecular weight excluding hydrogens is 597 g/mol. The van der Waals surface area contributed by atoms with E-state index >= 15 is 0 Å². The van der Waals surface area contributed by atoms with Crippen molar-refractivity contribution in [1.82, 2.24) is 19.9 Å². The monoisotopic (exact) mass is 628 g/mol. The van der Waals surface area contributed by atoms with Gasteiger partial charge in [-0.1, -0.05) is 153 Å². The van der Waals surface area contributed by atoms with Crippen LogP contribution in [0.25, 0.3) is 78.6 Å². The Balaban J connectivity index is 1.21. The summed E-state index contributed by atoms with van der Waals surface area (Å²) in [5, 5.41) is 1.05. The summed E-state index contributed by atoms with van der Waals surface area (Å²) in [6.45, 7) is 4.62. The van der Waals surface area contributed by atoms with Crippen molar-refractivity contribution in [3.05, 3.63) is 169 Å². The predicted octanol–water partition coefficient (Wildman–Crippen LogP) is 11.1. The summed E-state index contributed by atoms with van der Waals surface area (Å²) in [6.07, 6.45) is 0. The SMILES string of the molecule is CC1(C)c2cc(-c3cc(-c4ccccc4)nc(-c4ccccc4)n3)ccc2-c2c(-c3nc(-c4ccccc4)c4ccccc4n3)cccc21. The third-order valence-corrected chi connectivity index (χ3v) is 9.71. The van der Waals surface area contributed by atoms with Gasteiger partial charge in [0.15, 0.2) is 11.6 Å². The van der Waals surface area contributed by atoms with Gasteiger partial charge in [-0.2, -0.15) is 0 Å². The van der Waals surface area contributed by atoms with E-state index in [-0.39, 0.29) is 5.41 Å². The Kier molecular flexibility index (Phi) is 6.77. The van der Waals surface area contributed by atoms with Gasteiger partial charge >= 0.3 is 0 Å². The second-order valence-electron chi connectivity index (χ2n) is 13.1. The van der Waals surface area contributed by atoms with Crippen LogP contribution in [0.4, 0.5) is 0 Å². The lowest BCUT2D eigenvalue weighted by Crippen LogP contribution is -2.15. The van der Waals surface area contributed by atoms with Gasteiger partial charge in [-0.25, -0.2) is 19.9 Å². The van der Waals surface area contributed by atoms with Crippen molar-refractivity contribution in [1.29, 1.82) is 0 Å². The van der Waals surface area contributed by atoms with Gasteiger partial charge in [-0.3, -0.25) is 0 Å². The molecule has 0 unspecified atom stereocenters. The predicted molar refractivity (Wildman–Crippen MR) is 200 cm³/mol. The molecule has 232 valence electrons. The maximum Gasteiger partial charge on any atom is 0.161 e. The summed E-state index contributed by atoms with van der Waals surface area (Å²) in [5.74, 6) is 1.45. The lowest BCUT2D eigenvalue weighted by molar-refractivity contribution is 0.660. The van der Waals surface area contributed by atoms with Gasteiger partial charge < -0.3 is 0 Å². The molecule has 2 heterocycles. The Morgan fingerprint density at radius 3 is 1.78 bits per heavy atom. The lowest BCUT2D eigenvalue weighted by atomic mass is 9.81. The Morgan fingerprint density at radius 2 is 1.04 bits per heavy atom. The fourth-order valence-electron chi connectivity index (χ4n) is 7.21. The molecule has 4 heteroatoms. The molecule has 0 radical (unpaired) electrons. The molecule has 0 saturated carbocycles. The normalized spacial score (nSPS) is 12.9. The number of para-hydroxylation sites is 1. The second kappa shape index (κ2) is 11.5. The summed E-state index contributed by atoms with van der Waals surface area (Å²) in [4.78, 5) is 20.5. The van der Waals surface area contributed by atoms with Crippen molar-refractivity contribution in [3.8, 4) is 67.7 Å². The Labute approximate surface area is 285 Å². The van der Waals surface area contributed by atoms with E-state index in [1.54, 1.807) is 0 Å². The van der Waals surface area contributed by atoms with Crippen LogP contribution in [-0.4, -0.2) is 19.9 Å². The topological polar surface area (TPSA) is 51.6 Å². The van der Waals surface area contributed by atoms with Crippen molar-refractivity contribution in [2.75, 3.05) is 0 Å². The third kappa shape index (κ3) is 4.92. The molecular formula is C45H32N4. The van der Waals surface area contributed by atoms with E-state index in [1.165, 1.54) is 22.3 Å². The van der Waals surface area contributed by atoms with Crippen LogP contribution < -0.4 is 0 Å². The zero-order valence-corrected chi connectivity index (χ0v) is 27.3. The van der Waals surface area contributed by atoms with E-state index in [4.69, 9.17) is 19.9 Å². The molecule has 0 bridgehead atoms. The van der Waals surface area contributed by atoms with Crippen LogP contribution in [0.5, 0.6) is 0 Å². The minimum Gasteiger partial charge on any atom is -0.228 e. The first kappa shape index (κ1) is 28.9. The van der Waals surface area contributed by atoms with E-state index in [2.05, 4.69) is 123 Å². The van der Waals surface area contributed by atoms with Crippen LogP contribution in [0, 0.1) is 0 Å². The summed E-state index contributed by atoms with van der Waals surface area (Å²) >= 11 is 0. The van der Waals surface area contributed by atoms with Crippen LogP contribution in [0.1, 0.15) is 25.0 Å². The van der Waals surface area contributed by atoms with E-state index in [1.807, 2.05) is 48.5 Å². The molecule has 4 nitrogen and oxygen atoms in total. The lowest BCUT2D eigenvalue weighted by Gasteiger charge is -2.22. The average molecular weight is 629 g/mol. The number of hydrogen-bond acceptors (Lipinski definition) is 4. The second-order valence-corrected chi connectivity index (χ2v) is 13.1. The van der Waals surface area contributed by atoms with Crippen LogP contribution in [0.2, 0.25) is 0 Å². The quantitative estimate of drug-likeness (QED) is 0.190. The summed E-state index contributed by atoms with van der Waals surface area (Å²) in [5.41, 5.74) is 13.6. The Bertz CT molecular complexity index is 2450. The van der Waals surface area contributed by atoms with Gasteiger partial charge in [-0.05, 0) is 40.5 Å². The van der Waals surface area contributed by atoms with E-state index in [9.17, 15) is 0 Å². The zero-order valence-electron chi connectivity index (χ0n) is 27.3. The van der Waals surface area contributed by atoms with Gasteiger partial charge in [0.05, 0.1) is 22.6 Å². The highest BCUT2D eigenvalue weighted by Gasteiger charge is 2.37. The number of benzene rings is 6. The van der Waals surface area contributed by atoms with Crippen LogP contribution >= 0.6 is 0 Å². The van der Waals surface area contributed by atoms with Crippen molar-refractivity contribution < 1.29 is 0 Å². The summed E-state index contributed by atoms with van der Waals surface area (Å²) < 4.78 is 0. The molecule has 8 aromatic rings. The zero-order chi connectivity index (χ0) is 33.0. The van der Waals surface area contributed by atoms with Crippen LogP contribution in [0.3, 0.4) is 0 Å². The minimum absolute atomic E-state index is 0.243. The summed E-state index contributed by atoms with van der Waals surface area (Å²) in [7, 11) is 0. The Hall–Kier alpha value is -6.26.